The first-order valence-electron chi connectivity index (χ1n) is 7.12. The molecule has 0 unspecified atom stereocenters. The van der Waals surface area contributed by atoms with Crippen LogP contribution < -0.4 is 4.90 Å². The van der Waals surface area contributed by atoms with Gasteiger partial charge < -0.3 is 10.1 Å². The van der Waals surface area contributed by atoms with Crippen molar-refractivity contribution in [2.75, 3.05) is 18.1 Å². The van der Waals surface area contributed by atoms with Crippen molar-refractivity contribution in [1.29, 1.82) is 5.41 Å². The molecule has 0 aromatic heterocycles. The molecule has 0 saturated carbocycles. The summed E-state index contributed by atoms with van der Waals surface area (Å²) in [5.41, 5.74) is 4.17. The maximum absolute atomic E-state index is 12.2. The normalized spacial score (nSPS) is 12.5. The Labute approximate surface area is 130 Å². The molecule has 0 saturated heterocycles. The van der Waals surface area contributed by atoms with Gasteiger partial charge in [0.1, 0.15) is 6.61 Å². The van der Waals surface area contributed by atoms with E-state index in [4.69, 9.17) is 10.1 Å². The average molecular weight is 296 g/mol. The number of fused-ring (bicyclic) bond motifs is 1. The number of ether oxygens (including phenoxy) is 1. The number of allylic oxidation sites excluding steroid dienone is 1. The Morgan fingerprint density at radius 2 is 2.14 bits per heavy atom. The zero-order valence-electron chi connectivity index (χ0n) is 12.6. The number of benzene rings is 1. The molecule has 4 heteroatoms. The summed E-state index contributed by atoms with van der Waals surface area (Å²) in [6.07, 6.45) is 4.04. The fourth-order valence-electron chi connectivity index (χ4n) is 2.43. The van der Waals surface area contributed by atoms with Gasteiger partial charge in [0, 0.05) is 18.7 Å². The fraction of sp³-hybridized carbons (Fsp3) is 0.222. The SMILES string of the molecule is C=CC(=C)COC(=O)N1CCc2c(CC(=N)C=C)cccc21. The lowest BCUT2D eigenvalue weighted by Gasteiger charge is -2.17. The lowest BCUT2D eigenvalue weighted by Crippen LogP contribution is -2.30. The second-order valence-corrected chi connectivity index (χ2v) is 5.14. The number of hydrogen-bond donors (Lipinski definition) is 1. The molecule has 1 N–H and O–H groups in total. The van der Waals surface area contributed by atoms with Crippen molar-refractivity contribution in [3.05, 3.63) is 66.8 Å². The predicted octanol–water partition coefficient (Wildman–Crippen LogP) is 3.68. The van der Waals surface area contributed by atoms with Crippen LogP contribution in [0.25, 0.3) is 0 Å². The van der Waals surface area contributed by atoms with Gasteiger partial charge in [0.15, 0.2) is 0 Å². The topological polar surface area (TPSA) is 53.4 Å². The van der Waals surface area contributed by atoms with E-state index in [1.807, 2.05) is 18.2 Å². The first-order valence-corrected chi connectivity index (χ1v) is 7.12. The summed E-state index contributed by atoms with van der Waals surface area (Å²) in [5, 5.41) is 7.76. The van der Waals surface area contributed by atoms with E-state index < -0.39 is 0 Å². The molecule has 0 spiro atoms. The van der Waals surface area contributed by atoms with Gasteiger partial charge in [-0.1, -0.05) is 37.9 Å². The standard InChI is InChI=1S/C18H20N2O2/c1-4-13(3)12-22-18(21)20-10-9-16-14(11-15(19)5-2)7-6-8-17(16)20/h4-8,19H,1-3,9-12H2. The molecule has 22 heavy (non-hydrogen) atoms. The quantitative estimate of drug-likeness (QED) is 0.643. The fourth-order valence-corrected chi connectivity index (χ4v) is 2.43. The first-order chi connectivity index (χ1) is 10.6. The molecule has 4 nitrogen and oxygen atoms in total. The molecule has 0 atom stereocenters. The van der Waals surface area contributed by atoms with Gasteiger partial charge in [0.2, 0.25) is 0 Å². The predicted molar refractivity (Wildman–Crippen MR) is 89.8 cm³/mol. The van der Waals surface area contributed by atoms with E-state index in [1.54, 1.807) is 17.1 Å². The molecule has 0 fully saturated rings. The highest BCUT2D eigenvalue weighted by molar-refractivity contribution is 5.95. The summed E-state index contributed by atoms with van der Waals surface area (Å²) >= 11 is 0. The third-order valence-corrected chi connectivity index (χ3v) is 3.64. The number of carbonyl (C=O) groups is 1. The smallest absolute Gasteiger partial charge is 0.414 e. The Kier molecular flexibility index (Phi) is 4.94. The van der Waals surface area contributed by atoms with Crippen LogP contribution in [0.1, 0.15) is 11.1 Å². The summed E-state index contributed by atoms with van der Waals surface area (Å²) in [5.74, 6) is 0. The molecule has 0 radical (unpaired) electrons. The largest absolute Gasteiger partial charge is 0.444 e. The minimum Gasteiger partial charge on any atom is -0.444 e. The van der Waals surface area contributed by atoms with Crippen molar-refractivity contribution in [2.24, 2.45) is 0 Å². The molecular formula is C18H20N2O2. The molecule has 1 aromatic carbocycles. The molecule has 0 aliphatic carbocycles. The molecule has 1 aromatic rings. The van der Waals surface area contributed by atoms with Crippen LogP contribution in [0.15, 0.2) is 55.7 Å². The van der Waals surface area contributed by atoms with Crippen molar-refractivity contribution in [3.63, 3.8) is 0 Å². The zero-order chi connectivity index (χ0) is 16.1. The van der Waals surface area contributed by atoms with Crippen molar-refractivity contribution in [2.45, 2.75) is 12.8 Å². The zero-order valence-corrected chi connectivity index (χ0v) is 12.6. The van der Waals surface area contributed by atoms with Crippen molar-refractivity contribution < 1.29 is 9.53 Å². The van der Waals surface area contributed by atoms with Crippen LogP contribution >= 0.6 is 0 Å². The van der Waals surface area contributed by atoms with E-state index in [9.17, 15) is 4.79 Å². The molecule has 0 bridgehead atoms. The second-order valence-electron chi connectivity index (χ2n) is 5.14. The van der Waals surface area contributed by atoms with E-state index in [0.717, 1.165) is 23.2 Å². The maximum atomic E-state index is 12.2. The first kappa shape index (κ1) is 15.8. The Bertz CT molecular complexity index is 646. The van der Waals surface area contributed by atoms with Crippen LogP contribution in [0.5, 0.6) is 0 Å². The number of nitrogens with zero attached hydrogens (tertiary/aromatic N) is 1. The average Bonchev–Trinajstić information content (AvgIpc) is 2.97. The Morgan fingerprint density at radius 3 is 2.82 bits per heavy atom. The van der Waals surface area contributed by atoms with Crippen LogP contribution in [-0.2, 0) is 17.6 Å². The number of hydrogen-bond acceptors (Lipinski definition) is 3. The van der Waals surface area contributed by atoms with Gasteiger partial charge in [-0.15, -0.1) is 0 Å². The third kappa shape index (κ3) is 3.34. The number of nitrogens with one attached hydrogen (secondary N) is 1. The highest BCUT2D eigenvalue weighted by Gasteiger charge is 2.27. The van der Waals surface area contributed by atoms with Gasteiger partial charge in [-0.25, -0.2) is 4.79 Å². The van der Waals surface area contributed by atoms with E-state index in [0.29, 0.717) is 24.3 Å². The summed E-state index contributed by atoms with van der Waals surface area (Å²) in [7, 11) is 0. The van der Waals surface area contributed by atoms with Crippen LogP contribution in [-0.4, -0.2) is 25.0 Å². The highest BCUT2D eigenvalue weighted by atomic mass is 16.6. The number of amides is 1. The van der Waals surface area contributed by atoms with Gasteiger partial charge in [-0.2, -0.15) is 0 Å². The van der Waals surface area contributed by atoms with E-state index in [1.165, 1.54) is 0 Å². The van der Waals surface area contributed by atoms with E-state index >= 15 is 0 Å². The molecular weight excluding hydrogens is 276 g/mol. The summed E-state index contributed by atoms with van der Waals surface area (Å²) < 4.78 is 5.24. The minimum absolute atomic E-state index is 0.148. The third-order valence-electron chi connectivity index (χ3n) is 3.64. The Balaban J connectivity index is 2.15. The molecule has 2 rings (SSSR count). The van der Waals surface area contributed by atoms with Crippen LogP contribution in [0.3, 0.4) is 0 Å². The van der Waals surface area contributed by atoms with Crippen molar-refractivity contribution >= 4 is 17.5 Å². The minimum atomic E-state index is -0.377. The van der Waals surface area contributed by atoms with E-state index in [2.05, 4.69) is 19.7 Å². The van der Waals surface area contributed by atoms with E-state index in [-0.39, 0.29) is 12.7 Å². The maximum Gasteiger partial charge on any atom is 0.414 e. The second kappa shape index (κ2) is 6.89. The Morgan fingerprint density at radius 1 is 1.36 bits per heavy atom. The molecule has 1 amide bonds. The van der Waals surface area contributed by atoms with Crippen molar-refractivity contribution in [1.82, 2.24) is 0 Å². The summed E-state index contributed by atoms with van der Waals surface area (Å²) in [6.45, 7) is 11.7. The van der Waals surface area contributed by atoms with Gasteiger partial charge in [-0.3, -0.25) is 4.90 Å². The van der Waals surface area contributed by atoms with Crippen molar-refractivity contribution in [3.8, 4) is 0 Å². The number of rotatable bonds is 6. The molecule has 1 aliphatic rings. The van der Waals surface area contributed by atoms with Crippen LogP contribution in [0, 0.1) is 5.41 Å². The lowest BCUT2D eigenvalue weighted by molar-refractivity contribution is 0.165. The molecule has 1 heterocycles. The van der Waals surface area contributed by atoms with Gasteiger partial charge in [0.05, 0.1) is 5.69 Å². The number of carbonyl (C=O) groups excluding carboxylic acids is 1. The number of anilines is 1. The Hall–Kier alpha value is -2.62. The van der Waals surface area contributed by atoms with Gasteiger partial charge >= 0.3 is 6.09 Å². The summed E-state index contributed by atoms with van der Waals surface area (Å²) in [6, 6.07) is 5.80. The highest BCUT2D eigenvalue weighted by Crippen LogP contribution is 2.31. The summed E-state index contributed by atoms with van der Waals surface area (Å²) in [4.78, 5) is 13.8. The molecule has 114 valence electrons. The monoisotopic (exact) mass is 296 g/mol. The van der Waals surface area contributed by atoms with Gasteiger partial charge in [0.25, 0.3) is 0 Å². The lowest BCUT2D eigenvalue weighted by atomic mass is 10.00. The molecule has 1 aliphatic heterocycles. The van der Waals surface area contributed by atoms with Crippen LogP contribution in [0.4, 0.5) is 10.5 Å². The van der Waals surface area contributed by atoms with Crippen LogP contribution in [0.2, 0.25) is 0 Å². The van der Waals surface area contributed by atoms with Gasteiger partial charge in [-0.05, 0) is 35.3 Å².